The van der Waals surface area contributed by atoms with Gasteiger partial charge in [0.05, 0.1) is 17.8 Å². The summed E-state index contributed by atoms with van der Waals surface area (Å²) in [6.45, 7) is 2.80. The van der Waals surface area contributed by atoms with Crippen molar-refractivity contribution in [3.8, 4) is 0 Å². The number of hydrogen-bond donors (Lipinski definition) is 1. The molecular formula is C18H27FO2. The van der Waals surface area contributed by atoms with Crippen molar-refractivity contribution in [3.05, 3.63) is 11.9 Å². The first-order valence-corrected chi connectivity index (χ1v) is 8.62. The third-order valence-electron chi connectivity index (χ3n) is 7.19. The van der Waals surface area contributed by atoms with E-state index in [4.69, 9.17) is 4.74 Å². The van der Waals surface area contributed by atoms with Gasteiger partial charge in [-0.15, -0.1) is 0 Å². The van der Waals surface area contributed by atoms with E-state index in [-0.39, 0.29) is 27.9 Å². The molecule has 0 spiro atoms. The van der Waals surface area contributed by atoms with Crippen LogP contribution in [0.1, 0.15) is 71.1 Å². The third-order valence-corrected chi connectivity index (χ3v) is 7.19. The average Bonchev–Trinajstić information content (AvgIpc) is 2.49. The zero-order chi connectivity index (χ0) is 14.8. The van der Waals surface area contributed by atoms with Crippen LogP contribution in [0.15, 0.2) is 11.9 Å². The Balaban J connectivity index is 1.46. The normalized spacial score (nSPS) is 52.0. The second kappa shape index (κ2) is 4.32. The van der Waals surface area contributed by atoms with Crippen LogP contribution in [0.2, 0.25) is 0 Å². The van der Waals surface area contributed by atoms with E-state index in [9.17, 15) is 9.50 Å². The molecule has 118 valence electrons. The molecule has 0 heterocycles. The van der Waals surface area contributed by atoms with Gasteiger partial charge in [-0.1, -0.05) is 6.92 Å². The quantitative estimate of drug-likeness (QED) is 0.842. The van der Waals surface area contributed by atoms with Crippen LogP contribution in [0.4, 0.5) is 4.39 Å². The smallest absolute Gasteiger partial charge is 0.105 e. The lowest BCUT2D eigenvalue weighted by atomic mass is 9.59. The summed E-state index contributed by atoms with van der Waals surface area (Å²) in [5, 5.41) is 10.3. The number of aliphatic hydroxyl groups is 1. The zero-order valence-electron chi connectivity index (χ0n) is 13.1. The van der Waals surface area contributed by atoms with Crippen molar-refractivity contribution in [1.29, 1.82) is 0 Å². The van der Waals surface area contributed by atoms with Crippen LogP contribution in [0.5, 0.6) is 0 Å². The van der Waals surface area contributed by atoms with E-state index in [1.807, 2.05) is 6.92 Å². The van der Waals surface area contributed by atoms with Gasteiger partial charge in [-0.05, 0) is 75.7 Å². The van der Waals surface area contributed by atoms with Crippen molar-refractivity contribution in [2.24, 2.45) is 10.8 Å². The number of fused-ring (bicyclic) bond motifs is 5. The van der Waals surface area contributed by atoms with E-state index in [1.54, 1.807) is 6.08 Å². The Bertz CT molecular complexity index is 449. The lowest BCUT2D eigenvalue weighted by molar-refractivity contribution is -0.151. The standard InChI is InChI=1S/C18H27FO2/c1-15-2-10-18(11-3-15,12-14(15)19)21-13-16-4-7-17(20,8-5-16)9-6-16/h12,20H,2-11,13H2,1H3. The monoisotopic (exact) mass is 294 g/mol. The molecule has 3 heteroatoms. The molecule has 0 atom stereocenters. The predicted molar refractivity (Wildman–Crippen MR) is 79.5 cm³/mol. The van der Waals surface area contributed by atoms with Crippen LogP contribution in [0, 0.1) is 10.8 Å². The van der Waals surface area contributed by atoms with Crippen LogP contribution < -0.4 is 0 Å². The second-order valence-electron chi connectivity index (χ2n) is 8.63. The molecule has 1 N–H and O–H groups in total. The largest absolute Gasteiger partial charge is 0.390 e. The molecule has 0 aromatic carbocycles. The van der Waals surface area contributed by atoms with Gasteiger partial charge in [0.2, 0.25) is 0 Å². The molecule has 0 aliphatic heterocycles. The Morgan fingerprint density at radius 3 is 2.10 bits per heavy atom. The van der Waals surface area contributed by atoms with Gasteiger partial charge in [-0.2, -0.15) is 0 Å². The molecule has 0 aromatic heterocycles. The summed E-state index contributed by atoms with van der Waals surface area (Å²) in [7, 11) is 0. The molecule has 6 aliphatic rings. The van der Waals surface area contributed by atoms with Gasteiger partial charge in [0.25, 0.3) is 0 Å². The Morgan fingerprint density at radius 2 is 1.57 bits per heavy atom. The number of rotatable bonds is 3. The van der Waals surface area contributed by atoms with Crippen molar-refractivity contribution >= 4 is 0 Å². The minimum Gasteiger partial charge on any atom is -0.390 e. The van der Waals surface area contributed by atoms with Crippen LogP contribution in [-0.4, -0.2) is 22.9 Å². The minimum absolute atomic E-state index is 0.0548. The first-order chi connectivity index (χ1) is 9.87. The van der Waals surface area contributed by atoms with Crippen LogP contribution >= 0.6 is 0 Å². The number of ether oxygens (including phenoxy) is 1. The lowest BCUT2D eigenvalue weighted by Crippen LogP contribution is -2.50. The molecule has 4 fully saturated rings. The Kier molecular flexibility index (Phi) is 2.92. The van der Waals surface area contributed by atoms with Crippen molar-refractivity contribution < 1.29 is 14.2 Å². The van der Waals surface area contributed by atoms with E-state index in [0.717, 1.165) is 70.8 Å². The number of halogens is 1. The van der Waals surface area contributed by atoms with E-state index < -0.39 is 0 Å². The average molecular weight is 294 g/mol. The maximum absolute atomic E-state index is 14.3. The highest BCUT2D eigenvalue weighted by molar-refractivity contribution is 5.23. The molecule has 21 heavy (non-hydrogen) atoms. The van der Waals surface area contributed by atoms with Gasteiger partial charge in [-0.3, -0.25) is 0 Å². The van der Waals surface area contributed by atoms with Crippen molar-refractivity contribution in [2.45, 2.75) is 82.3 Å². The highest BCUT2D eigenvalue weighted by Crippen LogP contribution is 2.56. The Morgan fingerprint density at radius 1 is 1.00 bits per heavy atom. The van der Waals surface area contributed by atoms with Gasteiger partial charge >= 0.3 is 0 Å². The van der Waals surface area contributed by atoms with Crippen LogP contribution in [-0.2, 0) is 4.74 Å². The maximum atomic E-state index is 14.3. The summed E-state index contributed by atoms with van der Waals surface area (Å²) in [6.07, 6.45) is 11.6. The molecule has 0 unspecified atom stereocenters. The topological polar surface area (TPSA) is 29.5 Å². The van der Waals surface area contributed by atoms with Crippen molar-refractivity contribution in [1.82, 2.24) is 0 Å². The fraction of sp³-hybridized carbons (Fsp3) is 0.889. The maximum Gasteiger partial charge on any atom is 0.105 e. The number of hydrogen-bond acceptors (Lipinski definition) is 2. The molecule has 6 aliphatic carbocycles. The summed E-state index contributed by atoms with van der Waals surface area (Å²) < 4.78 is 20.6. The van der Waals surface area contributed by atoms with Crippen LogP contribution in [0.3, 0.4) is 0 Å². The first kappa shape index (κ1) is 14.2. The number of allylic oxidation sites excluding steroid dienone is 1. The summed E-state index contributed by atoms with van der Waals surface area (Å²) in [4.78, 5) is 0. The summed E-state index contributed by atoms with van der Waals surface area (Å²) in [6, 6.07) is 0. The summed E-state index contributed by atoms with van der Waals surface area (Å²) in [5.41, 5.74) is -0.678. The highest BCUT2D eigenvalue weighted by atomic mass is 19.1. The Hall–Kier alpha value is -0.410. The molecular weight excluding hydrogens is 267 g/mol. The van der Waals surface area contributed by atoms with Crippen LogP contribution in [0.25, 0.3) is 0 Å². The molecule has 6 rings (SSSR count). The fourth-order valence-electron chi connectivity index (χ4n) is 4.96. The third kappa shape index (κ3) is 2.19. The molecule has 0 radical (unpaired) electrons. The van der Waals surface area contributed by atoms with E-state index in [2.05, 4.69) is 0 Å². The zero-order valence-corrected chi connectivity index (χ0v) is 13.1. The fourth-order valence-corrected chi connectivity index (χ4v) is 4.96. The highest BCUT2D eigenvalue weighted by Gasteiger charge is 2.51. The Labute approximate surface area is 126 Å². The molecule has 2 nitrogen and oxygen atoms in total. The van der Waals surface area contributed by atoms with Crippen molar-refractivity contribution in [3.63, 3.8) is 0 Å². The van der Waals surface area contributed by atoms with Gasteiger partial charge in [0, 0.05) is 5.41 Å². The van der Waals surface area contributed by atoms with Crippen molar-refractivity contribution in [2.75, 3.05) is 6.61 Å². The van der Waals surface area contributed by atoms with Gasteiger partial charge < -0.3 is 9.84 Å². The molecule has 4 bridgehead atoms. The van der Waals surface area contributed by atoms with E-state index in [0.29, 0.717) is 0 Å². The lowest BCUT2D eigenvalue weighted by Gasteiger charge is -2.53. The molecule has 0 aromatic rings. The summed E-state index contributed by atoms with van der Waals surface area (Å²) >= 11 is 0. The van der Waals surface area contributed by atoms with Gasteiger partial charge in [0.15, 0.2) is 0 Å². The molecule has 0 amide bonds. The molecule has 0 saturated heterocycles. The predicted octanol–water partition coefficient (Wildman–Crippen LogP) is 4.27. The molecule has 4 saturated carbocycles. The first-order valence-electron chi connectivity index (χ1n) is 8.62. The SMILES string of the molecule is CC12CCC(OCC34CCC(O)(CC3)CC4)(C=C1F)CC2. The van der Waals surface area contributed by atoms with Gasteiger partial charge in [0.1, 0.15) is 5.83 Å². The second-order valence-corrected chi connectivity index (χ2v) is 8.63. The van der Waals surface area contributed by atoms with Gasteiger partial charge in [-0.25, -0.2) is 4.39 Å². The minimum atomic E-state index is -0.385. The van der Waals surface area contributed by atoms with E-state index >= 15 is 0 Å². The summed E-state index contributed by atoms with van der Waals surface area (Å²) in [5.74, 6) is 0.0548. The van der Waals surface area contributed by atoms with E-state index in [1.165, 1.54) is 0 Å².